The van der Waals surface area contributed by atoms with Crippen molar-refractivity contribution in [2.24, 2.45) is 0 Å². The quantitative estimate of drug-likeness (QED) is 0.113. The third kappa shape index (κ3) is 8.81. The van der Waals surface area contributed by atoms with Crippen molar-refractivity contribution in [1.29, 1.82) is 0 Å². The Kier molecular flexibility index (Phi) is 11.5. The van der Waals surface area contributed by atoms with E-state index in [0.717, 1.165) is 4.90 Å². The fraction of sp³-hybridized carbons (Fsp3) is 0.147. The average Bonchev–Trinajstić information content (AvgIpc) is 3.05. The normalized spacial score (nSPS) is 11.6. The minimum absolute atomic E-state index is 0.0244. The smallest absolute Gasteiger partial charge is 0.272 e. The molecule has 0 bridgehead atoms. The highest BCUT2D eigenvalue weighted by molar-refractivity contribution is 8.00. The van der Waals surface area contributed by atoms with Gasteiger partial charge in [0.2, 0.25) is 11.7 Å². The number of rotatable bonds is 12. The number of amides is 3. The van der Waals surface area contributed by atoms with Crippen molar-refractivity contribution in [3.63, 3.8) is 0 Å². The highest BCUT2D eigenvalue weighted by Gasteiger charge is 2.19. The summed E-state index contributed by atoms with van der Waals surface area (Å²) in [5, 5.41) is 8.39. The average molecular weight is 646 g/mol. The molecule has 0 fully saturated rings. The van der Waals surface area contributed by atoms with E-state index in [1.54, 1.807) is 91.9 Å². The molecule has 232 valence electrons. The van der Waals surface area contributed by atoms with Gasteiger partial charge < -0.3 is 30.2 Å². The zero-order valence-electron chi connectivity index (χ0n) is 25.1. The molecule has 0 aliphatic rings. The Balaban J connectivity index is 1.57. The zero-order valence-corrected chi connectivity index (χ0v) is 26.6. The maximum Gasteiger partial charge on any atom is 0.272 e. The van der Waals surface area contributed by atoms with Crippen molar-refractivity contribution < 1.29 is 28.6 Å². The van der Waals surface area contributed by atoms with Crippen LogP contribution in [0.4, 0.5) is 11.4 Å². The van der Waals surface area contributed by atoms with E-state index in [9.17, 15) is 14.4 Å². The molecule has 0 aliphatic carbocycles. The minimum atomic E-state index is -0.570. The van der Waals surface area contributed by atoms with Gasteiger partial charge in [0, 0.05) is 16.1 Å². The highest BCUT2D eigenvalue weighted by Crippen LogP contribution is 2.38. The van der Waals surface area contributed by atoms with Crippen LogP contribution in [0.2, 0.25) is 5.02 Å². The number of benzene rings is 4. The Labute approximate surface area is 270 Å². The van der Waals surface area contributed by atoms with E-state index in [4.69, 9.17) is 25.8 Å². The summed E-state index contributed by atoms with van der Waals surface area (Å²) >= 11 is 7.50. The molecule has 0 saturated heterocycles. The number of carbonyl (C=O) groups is 3. The van der Waals surface area contributed by atoms with Crippen LogP contribution < -0.4 is 30.2 Å². The molecule has 0 heterocycles. The largest absolute Gasteiger partial charge is 0.493 e. The first-order valence-corrected chi connectivity index (χ1v) is 15.0. The van der Waals surface area contributed by atoms with Crippen molar-refractivity contribution in [3.05, 3.63) is 113 Å². The lowest BCUT2D eigenvalue weighted by atomic mass is 10.1. The lowest BCUT2D eigenvalue weighted by Gasteiger charge is -2.15. The maximum atomic E-state index is 13.6. The predicted molar refractivity (Wildman–Crippen MR) is 178 cm³/mol. The van der Waals surface area contributed by atoms with Gasteiger partial charge in [-0.1, -0.05) is 48.0 Å². The van der Waals surface area contributed by atoms with E-state index in [-0.39, 0.29) is 11.6 Å². The van der Waals surface area contributed by atoms with Gasteiger partial charge >= 0.3 is 0 Å². The number of halogens is 1. The number of carbonyl (C=O) groups excluding carboxylic acids is 3. The van der Waals surface area contributed by atoms with Gasteiger partial charge in [-0.2, -0.15) is 0 Å². The molecule has 0 radical (unpaired) electrons. The van der Waals surface area contributed by atoms with Gasteiger partial charge in [0.05, 0.1) is 37.3 Å². The van der Waals surface area contributed by atoms with Crippen LogP contribution >= 0.6 is 23.4 Å². The van der Waals surface area contributed by atoms with Gasteiger partial charge in [-0.15, -0.1) is 11.8 Å². The molecular formula is C34H32ClN3O6S. The van der Waals surface area contributed by atoms with E-state index < -0.39 is 17.1 Å². The summed E-state index contributed by atoms with van der Waals surface area (Å²) in [7, 11) is 4.47. The molecule has 9 nitrogen and oxygen atoms in total. The standard InChI is InChI=1S/C34H32ClN3O6S/c1-21(32(39)37-27-16-9-8-15-26(27)35)45-25-14-10-13-24(20-25)36-34(41)28(38-33(40)23-11-6-5-7-12-23)17-22-18-29(42-2)31(44-4)30(19-22)43-3/h5-21H,1-4H3,(H,36,41)(H,37,39)(H,38,40)/b28-17+. The van der Waals surface area contributed by atoms with Crippen LogP contribution in [0.15, 0.2) is 102 Å². The Hall–Kier alpha value is -4.93. The fourth-order valence-electron chi connectivity index (χ4n) is 4.19. The topological polar surface area (TPSA) is 115 Å². The Bertz CT molecular complexity index is 1690. The number of thioether (sulfide) groups is 1. The fourth-order valence-corrected chi connectivity index (χ4v) is 5.30. The summed E-state index contributed by atoms with van der Waals surface area (Å²) in [6.45, 7) is 1.78. The van der Waals surface area contributed by atoms with Gasteiger partial charge in [0.25, 0.3) is 11.8 Å². The van der Waals surface area contributed by atoms with Crippen LogP contribution in [0.25, 0.3) is 6.08 Å². The summed E-state index contributed by atoms with van der Waals surface area (Å²) in [6, 6.07) is 26.0. The second-order valence-electron chi connectivity index (χ2n) is 9.55. The van der Waals surface area contributed by atoms with Crippen LogP contribution in [0.1, 0.15) is 22.8 Å². The first kappa shape index (κ1) is 33.0. The Morgan fingerprint density at radius 1 is 0.800 bits per heavy atom. The van der Waals surface area contributed by atoms with Gasteiger partial charge in [-0.05, 0) is 73.2 Å². The van der Waals surface area contributed by atoms with Crippen LogP contribution in [0.3, 0.4) is 0 Å². The lowest BCUT2D eigenvalue weighted by Crippen LogP contribution is -2.30. The monoisotopic (exact) mass is 645 g/mol. The number of ether oxygens (including phenoxy) is 3. The number of hydrogen-bond donors (Lipinski definition) is 3. The predicted octanol–water partition coefficient (Wildman–Crippen LogP) is 6.89. The van der Waals surface area contributed by atoms with E-state index in [0.29, 0.717) is 44.8 Å². The molecule has 1 unspecified atom stereocenters. The third-order valence-electron chi connectivity index (χ3n) is 6.43. The van der Waals surface area contributed by atoms with Crippen LogP contribution in [0, 0.1) is 0 Å². The van der Waals surface area contributed by atoms with Gasteiger partial charge in [-0.3, -0.25) is 14.4 Å². The number of para-hydroxylation sites is 1. The molecule has 0 aliphatic heterocycles. The van der Waals surface area contributed by atoms with Gasteiger partial charge in [0.1, 0.15) is 5.70 Å². The Morgan fingerprint density at radius 2 is 1.47 bits per heavy atom. The van der Waals surface area contributed by atoms with E-state index in [2.05, 4.69) is 16.0 Å². The summed E-state index contributed by atoms with van der Waals surface area (Å²) in [6.07, 6.45) is 1.51. The molecule has 4 aromatic rings. The first-order chi connectivity index (χ1) is 21.7. The van der Waals surface area contributed by atoms with Crippen molar-refractivity contribution >= 4 is 58.5 Å². The maximum absolute atomic E-state index is 13.6. The lowest BCUT2D eigenvalue weighted by molar-refractivity contribution is -0.115. The molecule has 0 spiro atoms. The zero-order chi connectivity index (χ0) is 32.3. The van der Waals surface area contributed by atoms with Crippen LogP contribution in [-0.4, -0.2) is 44.3 Å². The number of nitrogens with one attached hydrogen (secondary N) is 3. The van der Waals surface area contributed by atoms with Gasteiger partial charge in [-0.25, -0.2) is 0 Å². The van der Waals surface area contributed by atoms with E-state index in [1.165, 1.54) is 39.2 Å². The van der Waals surface area contributed by atoms with Crippen molar-refractivity contribution in [2.45, 2.75) is 17.1 Å². The molecule has 4 rings (SSSR count). The SMILES string of the molecule is COc1cc(/C=C(/NC(=O)c2ccccc2)C(=O)Nc2cccc(SC(C)C(=O)Nc3ccccc3Cl)c2)cc(OC)c1OC. The second kappa shape index (κ2) is 15.7. The Morgan fingerprint density at radius 3 is 2.11 bits per heavy atom. The highest BCUT2D eigenvalue weighted by atomic mass is 35.5. The molecule has 3 N–H and O–H groups in total. The van der Waals surface area contributed by atoms with Crippen molar-refractivity contribution in [2.75, 3.05) is 32.0 Å². The summed E-state index contributed by atoms with van der Waals surface area (Å²) < 4.78 is 16.3. The molecule has 11 heteroatoms. The van der Waals surface area contributed by atoms with Crippen molar-refractivity contribution in [3.8, 4) is 17.2 Å². The molecule has 3 amide bonds. The molecule has 0 saturated carbocycles. The van der Waals surface area contributed by atoms with E-state index >= 15 is 0 Å². The summed E-state index contributed by atoms with van der Waals surface area (Å²) in [5.74, 6) is -0.0987. The molecule has 45 heavy (non-hydrogen) atoms. The summed E-state index contributed by atoms with van der Waals surface area (Å²) in [5.41, 5.74) is 1.87. The van der Waals surface area contributed by atoms with E-state index in [1.807, 2.05) is 6.07 Å². The number of hydrogen-bond acceptors (Lipinski definition) is 7. The summed E-state index contributed by atoms with van der Waals surface area (Å²) in [4.78, 5) is 40.3. The second-order valence-corrected chi connectivity index (χ2v) is 11.4. The van der Waals surface area contributed by atoms with Crippen molar-refractivity contribution in [1.82, 2.24) is 5.32 Å². The number of anilines is 2. The van der Waals surface area contributed by atoms with Crippen LogP contribution in [-0.2, 0) is 9.59 Å². The van der Waals surface area contributed by atoms with Gasteiger partial charge in [0.15, 0.2) is 11.5 Å². The molecular weight excluding hydrogens is 614 g/mol. The minimum Gasteiger partial charge on any atom is -0.493 e. The third-order valence-corrected chi connectivity index (χ3v) is 7.86. The molecule has 1 atom stereocenters. The number of methoxy groups -OCH3 is 3. The molecule has 4 aromatic carbocycles. The molecule has 0 aromatic heterocycles. The van der Waals surface area contributed by atoms with Crippen LogP contribution in [0.5, 0.6) is 17.2 Å². The first-order valence-electron chi connectivity index (χ1n) is 13.7.